The molecule has 0 radical (unpaired) electrons. The lowest BCUT2D eigenvalue weighted by Gasteiger charge is -2.40. The fourth-order valence-corrected chi connectivity index (χ4v) is 3.07. The van der Waals surface area contributed by atoms with Crippen LogP contribution in [0.1, 0.15) is 39.5 Å². The molecule has 0 aromatic heterocycles. The molecule has 3 rings (SSSR count). The highest BCUT2D eigenvalue weighted by molar-refractivity contribution is 5.86. The van der Waals surface area contributed by atoms with Gasteiger partial charge in [-0.05, 0) is 63.8 Å². The maximum absolute atomic E-state index is 13.0. The second-order valence-electron chi connectivity index (χ2n) is 6.26. The van der Waals surface area contributed by atoms with Crippen LogP contribution in [0.2, 0.25) is 0 Å². The third-order valence-corrected chi connectivity index (χ3v) is 4.19. The lowest BCUT2D eigenvalue weighted by Crippen LogP contribution is -2.56. The van der Waals surface area contributed by atoms with E-state index in [0.29, 0.717) is 5.75 Å². The normalized spacial score (nSPS) is 31.2. The largest absolute Gasteiger partial charge is 0.485 e. The fourth-order valence-electron chi connectivity index (χ4n) is 3.07. The number of benzene rings is 1. The van der Waals surface area contributed by atoms with E-state index < -0.39 is 11.3 Å². The molecule has 0 bridgehead atoms. The molecule has 5 heteroatoms. The Hall–Kier alpha value is -1.62. The molecule has 1 amide bonds. The topological polar surface area (TPSA) is 47.6 Å². The first kappa shape index (κ1) is 14.3. The fraction of sp³-hybridized carbons (Fsp3) is 0.562. The van der Waals surface area contributed by atoms with E-state index in [0.717, 1.165) is 25.7 Å². The quantitative estimate of drug-likeness (QED) is 0.912. The van der Waals surface area contributed by atoms with Crippen LogP contribution in [0.25, 0.3) is 0 Å². The molecule has 1 saturated carbocycles. The molecule has 1 spiro atoms. The summed E-state index contributed by atoms with van der Waals surface area (Å²) >= 11 is 0. The maximum Gasteiger partial charge on any atom is 0.254 e. The highest BCUT2D eigenvalue weighted by atomic mass is 19.1. The summed E-state index contributed by atoms with van der Waals surface area (Å²) in [7, 11) is 0. The molecule has 1 saturated heterocycles. The van der Waals surface area contributed by atoms with Crippen molar-refractivity contribution < 1.29 is 18.7 Å². The van der Waals surface area contributed by atoms with E-state index in [1.54, 1.807) is 26.0 Å². The second-order valence-corrected chi connectivity index (χ2v) is 6.26. The summed E-state index contributed by atoms with van der Waals surface area (Å²) in [6.07, 6.45) is 3.27. The van der Waals surface area contributed by atoms with E-state index in [-0.39, 0.29) is 17.8 Å². The molecule has 1 aromatic rings. The number of nitrogens with one attached hydrogen (secondary N) is 1. The number of halogens is 1. The highest BCUT2D eigenvalue weighted by Gasteiger charge is 2.56. The van der Waals surface area contributed by atoms with Gasteiger partial charge in [-0.25, -0.2) is 4.39 Å². The van der Waals surface area contributed by atoms with Crippen molar-refractivity contribution in [2.75, 3.05) is 0 Å². The van der Waals surface area contributed by atoms with Gasteiger partial charge in [0, 0.05) is 0 Å². The Balaban J connectivity index is 1.82. The minimum atomic E-state index is -0.845. The van der Waals surface area contributed by atoms with Gasteiger partial charge in [0.2, 0.25) is 0 Å². The molecule has 21 heavy (non-hydrogen) atoms. The number of amides is 1. The Labute approximate surface area is 123 Å². The van der Waals surface area contributed by atoms with Gasteiger partial charge in [-0.3, -0.25) is 4.79 Å². The van der Waals surface area contributed by atoms with Crippen molar-refractivity contribution in [2.45, 2.75) is 57.0 Å². The Bertz CT molecular complexity index is 543. The third-order valence-electron chi connectivity index (χ3n) is 4.19. The lowest BCUT2D eigenvalue weighted by molar-refractivity contribution is -0.163. The molecule has 2 fully saturated rings. The summed E-state index contributed by atoms with van der Waals surface area (Å²) in [6.45, 7) is 3.53. The maximum atomic E-state index is 13.0. The first-order chi connectivity index (χ1) is 9.91. The number of rotatable bonds is 2. The van der Waals surface area contributed by atoms with Gasteiger partial charge in [-0.2, -0.15) is 0 Å². The van der Waals surface area contributed by atoms with Crippen molar-refractivity contribution in [3.63, 3.8) is 0 Å². The SMILES string of the molecule is CC1(C)OC2(CCCCC2Oc2ccc(F)cc2)NC1=O. The zero-order valence-electron chi connectivity index (χ0n) is 12.3. The van der Waals surface area contributed by atoms with Crippen molar-refractivity contribution in [3.8, 4) is 5.75 Å². The van der Waals surface area contributed by atoms with Crippen LogP contribution in [-0.2, 0) is 9.53 Å². The van der Waals surface area contributed by atoms with Gasteiger partial charge in [0.25, 0.3) is 5.91 Å². The monoisotopic (exact) mass is 293 g/mol. The molecule has 2 unspecified atom stereocenters. The van der Waals surface area contributed by atoms with Crippen LogP contribution in [-0.4, -0.2) is 23.3 Å². The van der Waals surface area contributed by atoms with Gasteiger partial charge >= 0.3 is 0 Å². The number of ether oxygens (including phenoxy) is 2. The lowest BCUT2D eigenvalue weighted by atomic mass is 9.89. The third kappa shape index (κ3) is 2.62. The van der Waals surface area contributed by atoms with E-state index in [1.165, 1.54) is 12.1 Å². The van der Waals surface area contributed by atoms with Gasteiger partial charge in [-0.15, -0.1) is 0 Å². The van der Waals surface area contributed by atoms with E-state index in [9.17, 15) is 9.18 Å². The van der Waals surface area contributed by atoms with E-state index >= 15 is 0 Å². The molecule has 2 atom stereocenters. The summed E-state index contributed by atoms with van der Waals surface area (Å²) in [6, 6.07) is 5.92. The molecule has 1 aromatic carbocycles. The number of hydrogen-bond acceptors (Lipinski definition) is 3. The molecule has 114 valence electrons. The summed E-state index contributed by atoms with van der Waals surface area (Å²) in [5.74, 6) is 0.176. The van der Waals surface area contributed by atoms with E-state index in [2.05, 4.69) is 5.32 Å². The summed E-state index contributed by atoms with van der Waals surface area (Å²) in [5, 5.41) is 2.98. The first-order valence-electron chi connectivity index (χ1n) is 7.36. The smallest absolute Gasteiger partial charge is 0.254 e. The Morgan fingerprint density at radius 1 is 1.29 bits per heavy atom. The Morgan fingerprint density at radius 2 is 2.00 bits per heavy atom. The standard InChI is InChI=1S/C16H20FNO3/c1-15(2)14(19)18-16(21-15)10-4-3-5-13(16)20-12-8-6-11(17)7-9-12/h6-9,13H,3-5,10H2,1-2H3,(H,18,19). The molecule has 2 aliphatic rings. The highest BCUT2D eigenvalue weighted by Crippen LogP contribution is 2.39. The average molecular weight is 293 g/mol. The number of carbonyl (C=O) groups is 1. The van der Waals surface area contributed by atoms with Crippen LogP contribution in [0.5, 0.6) is 5.75 Å². The van der Waals surface area contributed by atoms with Crippen molar-refractivity contribution in [3.05, 3.63) is 30.1 Å². The van der Waals surface area contributed by atoms with E-state index in [4.69, 9.17) is 9.47 Å². The molecular formula is C16H20FNO3. The molecule has 1 aliphatic carbocycles. The van der Waals surface area contributed by atoms with Crippen LogP contribution in [0.4, 0.5) is 4.39 Å². The van der Waals surface area contributed by atoms with Gasteiger partial charge in [-0.1, -0.05) is 0 Å². The predicted molar refractivity (Wildman–Crippen MR) is 75.3 cm³/mol. The van der Waals surface area contributed by atoms with Crippen LogP contribution in [0.3, 0.4) is 0 Å². The van der Waals surface area contributed by atoms with Gasteiger partial charge < -0.3 is 14.8 Å². The average Bonchev–Trinajstić information content (AvgIpc) is 2.65. The minimum Gasteiger partial charge on any atom is -0.485 e. The summed E-state index contributed by atoms with van der Waals surface area (Å²) < 4.78 is 25.0. The van der Waals surface area contributed by atoms with Crippen molar-refractivity contribution >= 4 is 5.91 Å². The van der Waals surface area contributed by atoms with Crippen LogP contribution in [0, 0.1) is 5.82 Å². The molecule has 4 nitrogen and oxygen atoms in total. The summed E-state index contributed by atoms with van der Waals surface area (Å²) in [5.41, 5.74) is -1.62. The molecule has 1 heterocycles. The number of hydrogen-bond donors (Lipinski definition) is 1. The first-order valence-corrected chi connectivity index (χ1v) is 7.36. The second kappa shape index (κ2) is 4.98. The van der Waals surface area contributed by atoms with Crippen LogP contribution < -0.4 is 10.1 Å². The Kier molecular flexibility index (Phi) is 3.40. The minimum absolute atomic E-state index is 0.114. The summed E-state index contributed by atoms with van der Waals surface area (Å²) in [4.78, 5) is 12.1. The zero-order chi connectivity index (χ0) is 15.1. The molecular weight excluding hydrogens is 273 g/mol. The van der Waals surface area contributed by atoms with Crippen LogP contribution in [0.15, 0.2) is 24.3 Å². The van der Waals surface area contributed by atoms with E-state index in [1.807, 2.05) is 0 Å². The van der Waals surface area contributed by atoms with Gasteiger partial charge in [0.15, 0.2) is 5.72 Å². The van der Waals surface area contributed by atoms with Crippen molar-refractivity contribution in [1.82, 2.24) is 5.32 Å². The van der Waals surface area contributed by atoms with Gasteiger partial charge in [0.05, 0.1) is 0 Å². The van der Waals surface area contributed by atoms with Crippen LogP contribution >= 0.6 is 0 Å². The van der Waals surface area contributed by atoms with Gasteiger partial charge in [0.1, 0.15) is 23.3 Å². The molecule has 1 N–H and O–H groups in total. The molecule has 1 aliphatic heterocycles. The van der Waals surface area contributed by atoms with Crippen molar-refractivity contribution in [2.24, 2.45) is 0 Å². The number of carbonyl (C=O) groups excluding carboxylic acids is 1. The van der Waals surface area contributed by atoms with Crippen molar-refractivity contribution in [1.29, 1.82) is 0 Å². The zero-order valence-corrected chi connectivity index (χ0v) is 12.3. The Morgan fingerprint density at radius 3 is 2.62 bits per heavy atom. The predicted octanol–water partition coefficient (Wildman–Crippen LogP) is 2.77.